The molecule has 0 saturated heterocycles. The van der Waals surface area contributed by atoms with E-state index in [-0.39, 0.29) is 53.2 Å². The second-order valence-electron chi connectivity index (χ2n) is 9.13. The molecule has 4 N–H and O–H groups in total. The summed E-state index contributed by atoms with van der Waals surface area (Å²) in [6.07, 6.45) is 0. The molecule has 2 aromatic carbocycles. The third kappa shape index (κ3) is 5.40. The summed E-state index contributed by atoms with van der Waals surface area (Å²) in [6.45, 7) is 1.55. The molecule has 2 amide bonds. The highest BCUT2D eigenvalue weighted by molar-refractivity contribution is 6.23. The quantitative estimate of drug-likeness (QED) is 0.203. The van der Waals surface area contributed by atoms with Crippen LogP contribution in [0.2, 0.25) is 0 Å². The summed E-state index contributed by atoms with van der Waals surface area (Å²) in [5, 5.41) is 22.1. The number of hydrogen-bond donors (Lipinski definition) is 2. The minimum Gasteiger partial charge on any atom is -0.463 e. The molecule has 6 rings (SSSR count). The number of ketones is 1. The fourth-order valence-electron chi connectivity index (χ4n) is 4.55. The number of rotatable bonds is 6. The second kappa shape index (κ2) is 12.2. The highest BCUT2D eigenvalue weighted by Gasteiger charge is 2.32. The first-order valence-corrected chi connectivity index (χ1v) is 13.0. The van der Waals surface area contributed by atoms with Crippen LogP contribution in [0, 0.1) is 22.7 Å². The molecule has 15 nitrogen and oxygen atoms in total. The number of nitriles is 2. The van der Waals surface area contributed by atoms with Crippen molar-refractivity contribution in [1.82, 2.24) is 19.9 Å². The number of esters is 1. The lowest BCUT2D eigenvalue weighted by Gasteiger charge is -2.04. The molecule has 0 aliphatic heterocycles. The summed E-state index contributed by atoms with van der Waals surface area (Å²) in [6, 6.07) is 17.5. The van der Waals surface area contributed by atoms with E-state index in [9.17, 15) is 24.4 Å². The Hall–Kier alpha value is -6.87. The largest absolute Gasteiger partial charge is 0.463 e. The van der Waals surface area contributed by atoms with Crippen molar-refractivity contribution in [3.8, 4) is 34.7 Å². The first-order chi connectivity index (χ1) is 21.7. The molecule has 0 radical (unpaired) electrons. The van der Waals surface area contributed by atoms with Crippen molar-refractivity contribution in [1.29, 1.82) is 10.5 Å². The maximum atomic E-state index is 12.1. The van der Waals surface area contributed by atoms with Crippen LogP contribution in [0.15, 0.2) is 53.7 Å². The van der Waals surface area contributed by atoms with Gasteiger partial charge in [-0.05, 0) is 6.92 Å². The van der Waals surface area contributed by atoms with E-state index in [0.29, 0.717) is 39.4 Å². The van der Waals surface area contributed by atoms with Gasteiger partial charge in [0.05, 0.1) is 6.61 Å². The molecule has 0 spiro atoms. The summed E-state index contributed by atoms with van der Waals surface area (Å²) < 4.78 is 4.77. The van der Waals surface area contributed by atoms with Crippen molar-refractivity contribution in [3.05, 3.63) is 93.8 Å². The number of amides is 2. The normalized spacial score (nSPS) is 12.3. The van der Waals surface area contributed by atoms with Crippen LogP contribution in [0.4, 0.5) is 0 Å². The summed E-state index contributed by atoms with van der Waals surface area (Å²) in [4.78, 5) is 67.7. The molecule has 0 bridgehead atoms. The number of carbonyl (C=O) groups is 4. The number of aromatic nitrogens is 4. The summed E-state index contributed by atoms with van der Waals surface area (Å²) in [5.41, 5.74) is 13.3. The van der Waals surface area contributed by atoms with Gasteiger partial charge in [0.1, 0.15) is 40.6 Å². The van der Waals surface area contributed by atoms with Crippen molar-refractivity contribution in [2.75, 3.05) is 13.2 Å². The van der Waals surface area contributed by atoms with Crippen LogP contribution in [0.1, 0.15) is 66.6 Å². The van der Waals surface area contributed by atoms with Gasteiger partial charge in [-0.25, -0.2) is 24.7 Å². The van der Waals surface area contributed by atoms with Crippen LogP contribution < -0.4 is 11.5 Å². The molecule has 2 aromatic heterocycles. The summed E-state index contributed by atoms with van der Waals surface area (Å²) in [5.74, 6) is -2.55. The van der Waals surface area contributed by atoms with E-state index in [1.54, 1.807) is 67.6 Å². The van der Waals surface area contributed by atoms with Gasteiger partial charge in [0.25, 0.3) is 11.8 Å². The first kappa shape index (κ1) is 29.6. The van der Waals surface area contributed by atoms with E-state index in [0.717, 1.165) is 0 Å². The van der Waals surface area contributed by atoms with Gasteiger partial charge in [-0.2, -0.15) is 10.5 Å². The molecule has 2 aliphatic rings. The third-order valence-electron chi connectivity index (χ3n) is 6.42. The Balaban J connectivity index is 0.000000186. The van der Waals surface area contributed by atoms with Gasteiger partial charge in [0.2, 0.25) is 12.4 Å². The van der Waals surface area contributed by atoms with Crippen LogP contribution >= 0.6 is 0 Å². The number of nitrogens with two attached hydrogens (primary N) is 2. The smallest absolute Gasteiger partial charge is 0.347 e. The fraction of sp³-hybridized carbons (Fsp3) is 0.100. The van der Waals surface area contributed by atoms with Gasteiger partial charge in [0.15, 0.2) is 22.8 Å². The van der Waals surface area contributed by atoms with E-state index in [1.165, 1.54) is 0 Å². The molecule has 0 saturated carbocycles. The molecular formula is C30H19N9O6. The molecule has 0 unspecified atom stereocenters. The molecule has 45 heavy (non-hydrogen) atoms. The number of nitrogens with zero attached hydrogens (tertiary/aromatic N) is 7. The van der Waals surface area contributed by atoms with E-state index in [4.69, 9.17) is 26.3 Å². The number of benzene rings is 2. The van der Waals surface area contributed by atoms with Gasteiger partial charge >= 0.3 is 5.97 Å². The Kier molecular flexibility index (Phi) is 8.00. The zero-order valence-corrected chi connectivity index (χ0v) is 23.3. The third-order valence-corrected chi connectivity index (χ3v) is 6.42. The van der Waals surface area contributed by atoms with Gasteiger partial charge in [-0.15, -0.1) is 0 Å². The maximum absolute atomic E-state index is 12.1. The lowest BCUT2D eigenvalue weighted by atomic mass is 10.1. The number of oxime groups is 1. The Labute approximate surface area is 253 Å². The van der Waals surface area contributed by atoms with Gasteiger partial charge < -0.3 is 21.0 Å². The van der Waals surface area contributed by atoms with Crippen LogP contribution in [0.25, 0.3) is 22.5 Å². The number of fused-ring (bicyclic) bond motifs is 6. The van der Waals surface area contributed by atoms with Crippen molar-refractivity contribution in [2.45, 2.75) is 6.92 Å². The minimum atomic E-state index is -0.849. The highest BCUT2D eigenvalue weighted by Crippen LogP contribution is 2.35. The van der Waals surface area contributed by atoms with Crippen LogP contribution in [0.5, 0.6) is 0 Å². The highest BCUT2D eigenvalue weighted by atomic mass is 16.7. The molecule has 0 fully saturated rings. The van der Waals surface area contributed by atoms with E-state index in [1.807, 2.05) is 0 Å². The molecule has 220 valence electrons. The average molecular weight is 602 g/mol. The Bertz CT molecular complexity index is 2060. The predicted octanol–water partition coefficient (Wildman–Crippen LogP) is 1.42. The maximum Gasteiger partial charge on any atom is 0.347 e. The Morgan fingerprint density at radius 2 is 1.24 bits per heavy atom. The van der Waals surface area contributed by atoms with Gasteiger partial charge in [-0.1, -0.05) is 53.7 Å². The van der Waals surface area contributed by atoms with Crippen LogP contribution in [0.3, 0.4) is 0 Å². The first-order valence-electron chi connectivity index (χ1n) is 13.0. The lowest BCUT2D eigenvalue weighted by Crippen LogP contribution is -2.18. The summed E-state index contributed by atoms with van der Waals surface area (Å²) in [7, 11) is 0. The topological polar surface area (TPSA) is 250 Å². The molecule has 4 aromatic rings. The van der Waals surface area contributed by atoms with Gasteiger partial charge in [0, 0.05) is 22.3 Å². The molecule has 15 heteroatoms. The molecule has 0 atom stereocenters. The van der Waals surface area contributed by atoms with E-state index in [2.05, 4.69) is 25.1 Å². The zero-order valence-electron chi connectivity index (χ0n) is 23.3. The standard InChI is InChI=1S/C17H13N5O4.C13H6N4O2/c1-2-25-12(23)8-26-22-14-10-6-4-3-5-9(10)13-16(14)20-11(7-18)15(21-13)17(19)24;14-5-8-10(13(15)19)17-9-6-3-1-2-4-7(6)12(18)11(9)16-8/h3-6H,2,8H2,1H3,(H2,19,24);1-4H,(H2,15,19). The Morgan fingerprint density at radius 1 is 0.756 bits per heavy atom. The molecule has 2 heterocycles. The van der Waals surface area contributed by atoms with Crippen molar-refractivity contribution < 1.29 is 28.8 Å². The SMILES string of the molecule is CCOC(=O)CON=C1c2ccccc2-c2nc(C(N)=O)c(C#N)nc21.N#Cc1nc2c(nc1C(N)=O)-c1ccccc1C2=O. The van der Waals surface area contributed by atoms with Crippen molar-refractivity contribution >= 4 is 29.3 Å². The van der Waals surface area contributed by atoms with Crippen LogP contribution in [-0.2, 0) is 14.4 Å². The summed E-state index contributed by atoms with van der Waals surface area (Å²) >= 11 is 0. The number of ether oxygens (including phenoxy) is 1. The molecular weight excluding hydrogens is 582 g/mol. The zero-order chi connectivity index (χ0) is 32.2. The second-order valence-corrected chi connectivity index (χ2v) is 9.13. The van der Waals surface area contributed by atoms with Crippen LogP contribution in [-0.4, -0.2) is 62.4 Å². The number of hydrogen-bond acceptors (Lipinski definition) is 13. The van der Waals surface area contributed by atoms with E-state index >= 15 is 0 Å². The number of primary amides is 2. The van der Waals surface area contributed by atoms with E-state index < -0.39 is 17.8 Å². The predicted molar refractivity (Wildman–Crippen MR) is 153 cm³/mol. The van der Waals surface area contributed by atoms with Crippen molar-refractivity contribution in [2.24, 2.45) is 16.6 Å². The van der Waals surface area contributed by atoms with Crippen molar-refractivity contribution in [3.63, 3.8) is 0 Å². The number of carbonyl (C=O) groups excluding carboxylic acids is 4. The molecule has 2 aliphatic carbocycles. The lowest BCUT2D eigenvalue weighted by molar-refractivity contribution is -0.148. The average Bonchev–Trinajstić information content (AvgIpc) is 3.50. The Morgan fingerprint density at radius 3 is 1.78 bits per heavy atom. The minimum absolute atomic E-state index is 0.0859. The van der Waals surface area contributed by atoms with Gasteiger partial charge in [-0.3, -0.25) is 14.4 Å². The monoisotopic (exact) mass is 601 g/mol. The fourth-order valence-corrected chi connectivity index (χ4v) is 4.55.